The molecular formula is C15H20FN3O. The van der Waals surface area contributed by atoms with Gasteiger partial charge in [-0.05, 0) is 43.5 Å². The van der Waals surface area contributed by atoms with Crippen LogP contribution in [-0.4, -0.2) is 23.2 Å². The second-order valence-electron chi connectivity index (χ2n) is 4.95. The van der Waals surface area contributed by atoms with Crippen molar-refractivity contribution < 1.29 is 9.18 Å². The van der Waals surface area contributed by atoms with E-state index in [9.17, 15) is 9.18 Å². The first-order chi connectivity index (χ1) is 9.65. The molecule has 1 amide bonds. The summed E-state index contributed by atoms with van der Waals surface area (Å²) in [4.78, 5) is 12.3. The summed E-state index contributed by atoms with van der Waals surface area (Å²) in [7, 11) is 0. The Morgan fingerprint density at radius 3 is 2.90 bits per heavy atom. The molecule has 20 heavy (non-hydrogen) atoms. The predicted molar refractivity (Wildman–Crippen MR) is 76.5 cm³/mol. The van der Waals surface area contributed by atoms with Crippen LogP contribution >= 0.6 is 0 Å². The largest absolute Gasteiger partial charge is 0.330 e. The Morgan fingerprint density at radius 1 is 1.45 bits per heavy atom. The summed E-state index contributed by atoms with van der Waals surface area (Å²) < 4.78 is 13.2. The van der Waals surface area contributed by atoms with Crippen molar-refractivity contribution in [1.82, 2.24) is 5.01 Å². The molecule has 1 aliphatic heterocycles. The summed E-state index contributed by atoms with van der Waals surface area (Å²) in [5.74, 6) is -0.454. The Hall–Kier alpha value is -1.75. The summed E-state index contributed by atoms with van der Waals surface area (Å²) in [5, 5.41) is 5.84. The molecule has 0 saturated heterocycles. The average Bonchev–Trinajstić information content (AvgIpc) is 2.73. The Kier molecular flexibility index (Phi) is 4.84. The molecular weight excluding hydrogens is 257 g/mol. The number of nitrogens with two attached hydrogens (primary N) is 1. The van der Waals surface area contributed by atoms with Gasteiger partial charge in [0.05, 0.1) is 18.2 Å². The molecule has 0 aliphatic carbocycles. The molecule has 1 aliphatic rings. The van der Waals surface area contributed by atoms with Crippen LogP contribution in [0.2, 0.25) is 0 Å². The Morgan fingerprint density at radius 2 is 2.25 bits per heavy atom. The highest BCUT2D eigenvalue weighted by atomic mass is 19.1. The van der Waals surface area contributed by atoms with Crippen LogP contribution in [0.25, 0.3) is 0 Å². The van der Waals surface area contributed by atoms with Gasteiger partial charge in [0, 0.05) is 0 Å². The van der Waals surface area contributed by atoms with Crippen LogP contribution in [0.3, 0.4) is 0 Å². The zero-order valence-corrected chi connectivity index (χ0v) is 11.7. The second-order valence-corrected chi connectivity index (χ2v) is 4.95. The molecule has 0 aromatic heterocycles. The third-order valence-electron chi connectivity index (χ3n) is 3.48. The molecule has 108 valence electrons. The number of hydrazone groups is 1. The number of benzene rings is 1. The molecule has 4 nitrogen and oxygen atoms in total. The number of halogens is 1. The molecule has 0 fully saturated rings. The van der Waals surface area contributed by atoms with Gasteiger partial charge in [-0.2, -0.15) is 5.10 Å². The van der Waals surface area contributed by atoms with E-state index >= 15 is 0 Å². The molecule has 2 N–H and O–H groups in total. The van der Waals surface area contributed by atoms with Gasteiger partial charge in [-0.3, -0.25) is 4.79 Å². The van der Waals surface area contributed by atoms with Crippen LogP contribution in [0.5, 0.6) is 0 Å². The highest BCUT2D eigenvalue weighted by Gasteiger charge is 2.33. The summed E-state index contributed by atoms with van der Waals surface area (Å²) in [6.07, 6.45) is 2.30. The summed E-state index contributed by atoms with van der Waals surface area (Å²) in [5.41, 5.74) is 7.16. The first-order valence-electron chi connectivity index (χ1n) is 6.99. The zero-order valence-electron chi connectivity index (χ0n) is 11.7. The highest BCUT2D eigenvalue weighted by Crippen LogP contribution is 2.24. The van der Waals surface area contributed by atoms with Crippen LogP contribution in [0.15, 0.2) is 29.4 Å². The van der Waals surface area contributed by atoms with E-state index in [2.05, 4.69) is 5.10 Å². The van der Waals surface area contributed by atoms with Crippen molar-refractivity contribution >= 4 is 11.6 Å². The molecule has 1 unspecified atom stereocenters. The lowest BCUT2D eigenvalue weighted by Gasteiger charge is -2.14. The maximum Gasteiger partial charge on any atom is 0.251 e. The lowest BCUT2D eigenvalue weighted by Crippen LogP contribution is -2.27. The topological polar surface area (TPSA) is 58.7 Å². The molecule has 2 rings (SSSR count). The number of carbonyl (C=O) groups excluding carboxylic acids is 1. The van der Waals surface area contributed by atoms with E-state index in [1.54, 1.807) is 12.1 Å². The minimum atomic E-state index is -0.298. The monoisotopic (exact) mass is 277 g/mol. The van der Waals surface area contributed by atoms with Gasteiger partial charge in [0.15, 0.2) is 0 Å². The minimum absolute atomic E-state index is 0.000406. The highest BCUT2D eigenvalue weighted by molar-refractivity contribution is 6.07. The van der Waals surface area contributed by atoms with E-state index < -0.39 is 0 Å². The van der Waals surface area contributed by atoms with Crippen LogP contribution < -0.4 is 5.73 Å². The lowest BCUT2D eigenvalue weighted by molar-refractivity contribution is -0.132. The summed E-state index contributed by atoms with van der Waals surface area (Å²) >= 11 is 0. The molecule has 0 spiro atoms. The van der Waals surface area contributed by atoms with Gasteiger partial charge >= 0.3 is 0 Å². The van der Waals surface area contributed by atoms with E-state index in [1.807, 2.05) is 6.92 Å². The maximum atomic E-state index is 13.2. The van der Waals surface area contributed by atoms with Crippen molar-refractivity contribution in [3.63, 3.8) is 0 Å². The van der Waals surface area contributed by atoms with Crippen LogP contribution in [0.1, 0.15) is 31.7 Å². The Bertz CT molecular complexity index is 516. The van der Waals surface area contributed by atoms with E-state index in [4.69, 9.17) is 5.73 Å². The molecule has 0 bridgehead atoms. The quantitative estimate of drug-likeness (QED) is 0.867. The number of amides is 1. The summed E-state index contributed by atoms with van der Waals surface area (Å²) in [6, 6.07) is 6.26. The maximum absolute atomic E-state index is 13.2. The third-order valence-corrected chi connectivity index (χ3v) is 3.48. The standard InChI is InChI=1S/C15H20FN3O/c1-2-14-13(7-4-8-17)15(20)19(18-14)10-11-5-3-6-12(16)9-11/h3,5-6,9,13H,2,4,7-8,10,17H2,1H3. The second kappa shape index (κ2) is 6.61. The number of hydrogen-bond donors (Lipinski definition) is 1. The molecule has 5 heteroatoms. The van der Waals surface area contributed by atoms with Gasteiger partial charge in [-0.1, -0.05) is 19.1 Å². The SMILES string of the molecule is CCC1=NN(Cc2cccc(F)c2)C(=O)C1CCCN. The molecule has 0 radical (unpaired) electrons. The van der Waals surface area contributed by atoms with Crippen molar-refractivity contribution in [3.8, 4) is 0 Å². The predicted octanol–water partition coefficient (Wildman–Crippen LogP) is 2.29. The Balaban J connectivity index is 2.09. The normalized spacial score (nSPS) is 18.6. The van der Waals surface area contributed by atoms with Crippen molar-refractivity contribution in [1.29, 1.82) is 0 Å². The van der Waals surface area contributed by atoms with Gasteiger partial charge < -0.3 is 5.73 Å². The van der Waals surface area contributed by atoms with Crippen LogP contribution in [0.4, 0.5) is 4.39 Å². The summed E-state index contributed by atoms with van der Waals surface area (Å²) in [6.45, 7) is 2.89. The number of carbonyl (C=O) groups is 1. The van der Waals surface area contributed by atoms with Gasteiger partial charge in [-0.15, -0.1) is 0 Å². The fourth-order valence-corrected chi connectivity index (χ4v) is 2.45. The van der Waals surface area contributed by atoms with Gasteiger partial charge in [0.2, 0.25) is 0 Å². The van der Waals surface area contributed by atoms with E-state index in [0.29, 0.717) is 13.1 Å². The first kappa shape index (κ1) is 14.7. The lowest BCUT2D eigenvalue weighted by atomic mass is 9.96. The molecule has 1 heterocycles. The Labute approximate surface area is 118 Å². The van der Waals surface area contributed by atoms with E-state index in [1.165, 1.54) is 17.1 Å². The van der Waals surface area contributed by atoms with Crippen molar-refractivity contribution in [2.45, 2.75) is 32.7 Å². The van der Waals surface area contributed by atoms with Crippen molar-refractivity contribution in [2.75, 3.05) is 6.54 Å². The fourth-order valence-electron chi connectivity index (χ4n) is 2.45. The minimum Gasteiger partial charge on any atom is -0.330 e. The zero-order chi connectivity index (χ0) is 14.5. The molecule has 1 atom stereocenters. The first-order valence-corrected chi connectivity index (χ1v) is 6.99. The van der Waals surface area contributed by atoms with Crippen molar-refractivity contribution in [2.24, 2.45) is 16.8 Å². The number of nitrogens with zero attached hydrogens (tertiary/aromatic N) is 2. The molecule has 1 aromatic rings. The van der Waals surface area contributed by atoms with E-state index in [0.717, 1.165) is 30.5 Å². The third kappa shape index (κ3) is 3.22. The van der Waals surface area contributed by atoms with Crippen LogP contribution in [-0.2, 0) is 11.3 Å². The number of hydrogen-bond acceptors (Lipinski definition) is 3. The smallest absolute Gasteiger partial charge is 0.251 e. The van der Waals surface area contributed by atoms with E-state index in [-0.39, 0.29) is 17.6 Å². The fraction of sp³-hybridized carbons (Fsp3) is 0.467. The molecule has 1 aromatic carbocycles. The van der Waals surface area contributed by atoms with Crippen LogP contribution in [0, 0.1) is 11.7 Å². The molecule has 0 saturated carbocycles. The van der Waals surface area contributed by atoms with Gasteiger partial charge in [0.25, 0.3) is 5.91 Å². The van der Waals surface area contributed by atoms with Gasteiger partial charge in [-0.25, -0.2) is 9.40 Å². The average molecular weight is 277 g/mol. The van der Waals surface area contributed by atoms with Crippen molar-refractivity contribution in [3.05, 3.63) is 35.6 Å². The van der Waals surface area contributed by atoms with Gasteiger partial charge in [0.1, 0.15) is 5.82 Å². The number of rotatable bonds is 6.